The molecule has 3 heterocycles. The van der Waals surface area contributed by atoms with Crippen molar-refractivity contribution in [2.24, 2.45) is 0 Å². The van der Waals surface area contributed by atoms with Gasteiger partial charge in [0, 0.05) is 35.7 Å². The molecule has 1 unspecified atom stereocenters. The Morgan fingerprint density at radius 3 is 3.05 bits per heavy atom. The summed E-state index contributed by atoms with van der Waals surface area (Å²) in [6, 6.07) is 9.62. The number of likely N-dealkylation sites (N-methyl/N-ethyl adjacent to an activating group) is 1. The van der Waals surface area contributed by atoms with E-state index in [2.05, 4.69) is 46.1 Å². The van der Waals surface area contributed by atoms with Crippen LogP contribution in [0.2, 0.25) is 0 Å². The van der Waals surface area contributed by atoms with Crippen molar-refractivity contribution in [2.75, 3.05) is 26.7 Å². The van der Waals surface area contributed by atoms with E-state index < -0.39 is 0 Å². The van der Waals surface area contributed by atoms with E-state index in [9.17, 15) is 0 Å². The molecule has 0 saturated carbocycles. The van der Waals surface area contributed by atoms with E-state index in [1.807, 2.05) is 0 Å². The lowest BCUT2D eigenvalue weighted by Crippen LogP contribution is -2.35. The Kier molecular flexibility index (Phi) is 3.04. The van der Waals surface area contributed by atoms with Gasteiger partial charge in [0.05, 0.1) is 0 Å². The van der Waals surface area contributed by atoms with Crippen LogP contribution < -0.4 is 5.32 Å². The van der Waals surface area contributed by atoms with E-state index in [1.54, 1.807) is 5.56 Å². The fourth-order valence-corrected chi connectivity index (χ4v) is 4.04. The summed E-state index contributed by atoms with van der Waals surface area (Å²) < 4.78 is 2.65. The third kappa shape index (κ3) is 1.88. The molecule has 1 aromatic carbocycles. The molecule has 1 atom stereocenters. The van der Waals surface area contributed by atoms with Crippen molar-refractivity contribution in [1.82, 2.24) is 14.8 Å². The first kappa shape index (κ1) is 12.4. The fraction of sp³-hybridized carbons (Fsp3) is 0.529. The first-order valence-electron chi connectivity index (χ1n) is 7.84. The smallest absolute Gasteiger partial charge is 0.0488 e. The van der Waals surface area contributed by atoms with Crippen molar-refractivity contribution in [3.63, 3.8) is 0 Å². The van der Waals surface area contributed by atoms with Crippen molar-refractivity contribution < 1.29 is 0 Å². The number of hydrogen-bond donors (Lipinski definition) is 1. The number of nitrogens with one attached hydrogen (secondary N) is 1. The third-order valence-electron chi connectivity index (χ3n) is 4.94. The fourth-order valence-electron chi connectivity index (χ4n) is 4.04. The molecular formula is C17H23N3. The highest BCUT2D eigenvalue weighted by molar-refractivity contribution is 5.86. The predicted octanol–water partition coefficient (Wildman–Crippen LogP) is 2.55. The molecule has 1 aromatic heterocycles. The second kappa shape index (κ2) is 4.90. The van der Waals surface area contributed by atoms with Gasteiger partial charge >= 0.3 is 0 Å². The maximum atomic E-state index is 3.56. The Morgan fingerprint density at radius 2 is 2.15 bits per heavy atom. The Bertz CT molecular complexity index is 628. The monoisotopic (exact) mass is 269 g/mol. The number of aromatic nitrogens is 1. The lowest BCUT2D eigenvalue weighted by molar-refractivity contribution is 0.212. The van der Waals surface area contributed by atoms with Gasteiger partial charge in [-0.1, -0.05) is 18.2 Å². The molecule has 2 aromatic rings. The van der Waals surface area contributed by atoms with Gasteiger partial charge in [-0.3, -0.25) is 0 Å². The minimum Gasteiger partial charge on any atom is -0.339 e. The SMILES string of the molecule is CN1CCCC(n2c3c(c4ccccc42)CCNC3)C1. The molecule has 0 aliphatic carbocycles. The summed E-state index contributed by atoms with van der Waals surface area (Å²) in [4.78, 5) is 2.48. The number of para-hydroxylation sites is 1. The summed E-state index contributed by atoms with van der Waals surface area (Å²) in [5, 5.41) is 5.04. The quantitative estimate of drug-likeness (QED) is 0.858. The molecule has 1 N–H and O–H groups in total. The maximum Gasteiger partial charge on any atom is 0.0488 e. The van der Waals surface area contributed by atoms with Crippen LogP contribution in [0.25, 0.3) is 10.9 Å². The summed E-state index contributed by atoms with van der Waals surface area (Å²) in [5.74, 6) is 0. The first-order valence-corrected chi connectivity index (χ1v) is 7.84. The lowest BCUT2D eigenvalue weighted by atomic mass is 10.0. The average molecular weight is 269 g/mol. The minimum atomic E-state index is 0.641. The van der Waals surface area contributed by atoms with E-state index in [0.29, 0.717) is 6.04 Å². The molecule has 0 amide bonds. The summed E-state index contributed by atoms with van der Waals surface area (Å²) in [7, 11) is 2.25. The van der Waals surface area contributed by atoms with Crippen LogP contribution in [0.15, 0.2) is 24.3 Å². The Balaban J connectivity index is 1.89. The van der Waals surface area contributed by atoms with E-state index in [0.717, 1.165) is 13.1 Å². The van der Waals surface area contributed by atoms with Crippen LogP contribution in [0.4, 0.5) is 0 Å². The van der Waals surface area contributed by atoms with Gasteiger partial charge in [-0.2, -0.15) is 0 Å². The molecule has 2 aliphatic heterocycles. The Labute approximate surface area is 120 Å². The van der Waals surface area contributed by atoms with Crippen LogP contribution in [0.1, 0.15) is 30.1 Å². The maximum absolute atomic E-state index is 3.56. The molecule has 1 fully saturated rings. The number of benzene rings is 1. The molecule has 0 spiro atoms. The molecule has 106 valence electrons. The van der Waals surface area contributed by atoms with Crippen molar-refractivity contribution in [1.29, 1.82) is 0 Å². The van der Waals surface area contributed by atoms with Crippen molar-refractivity contribution in [3.05, 3.63) is 35.5 Å². The number of nitrogens with zero attached hydrogens (tertiary/aromatic N) is 2. The molecular weight excluding hydrogens is 246 g/mol. The molecule has 0 bridgehead atoms. The topological polar surface area (TPSA) is 20.2 Å². The van der Waals surface area contributed by atoms with Gasteiger partial charge in [0.15, 0.2) is 0 Å². The minimum absolute atomic E-state index is 0.641. The van der Waals surface area contributed by atoms with E-state index in [1.165, 1.54) is 48.9 Å². The van der Waals surface area contributed by atoms with Crippen LogP contribution in [0.5, 0.6) is 0 Å². The van der Waals surface area contributed by atoms with E-state index in [-0.39, 0.29) is 0 Å². The van der Waals surface area contributed by atoms with Crippen LogP contribution in [0, 0.1) is 0 Å². The number of hydrogen-bond acceptors (Lipinski definition) is 2. The van der Waals surface area contributed by atoms with Crippen molar-refractivity contribution in [3.8, 4) is 0 Å². The van der Waals surface area contributed by atoms with E-state index >= 15 is 0 Å². The zero-order valence-electron chi connectivity index (χ0n) is 12.2. The number of likely N-dealkylation sites (tertiary alicyclic amines) is 1. The molecule has 4 rings (SSSR count). The van der Waals surface area contributed by atoms with Gasteiger partial charge in [-0.05, 0) is 51.0 Å². The van der Waals surface area contributed by atoms with Crippen molar-refractivity contribution >= 4 is 10.9 Å². The van der Waals surface area contributed by atoms with Gasteiger partial charge in [0.2, 0.25) is 0 Å². The van der Waals surface area contributed by atoms with Gasteiger partial charge in [0.1, 0.15) is 0 Å². The first-order chi connectivity index (χ1) is 9.84. The molecule has 1 saturated heterocycles. The van der Waals surface area contributed by atoms with Gasteiger partial charge in [-0.25, -0.2) is 0 Å². The second-order valence-corrected chi connectivity index (χ2v) is 6.30. The summed E-state index contributed by atoms with van der Waals surface area (Å²) in [5.41, 5.74) is 4.58. The normalized spacial score (nSPS) is 23.9. The predicted molar refractivity (Wildman–Crippen MR) is 83.1 cm³/mol. The number of fused-ring (bicyclic) bond motifs is 3. The van der Waals surface area contributed by atoms with Crippen LogP contribution in [-0.2, 0) is 13.0 Å². The lowest BCUT2D eigenvalue weighted by Gasteiger charge is -2.33. The third-order valence-corrected chi connectivity index (χ3v) is 4.94. The van der Waals surface area contributed by atoms with Crippen LogP contribution in [0.3, 0.4) is 0 Å². The summed E-state index contributed by atoms with van der Waals surface area (Å²) in [6.07, 6.45) is 3.80. The highest BCUT2D eigenvalue weighted by atomic mass is 15.2. The Hall–Kier alpha value is -1.32. The molecule has 3 nitrogen and oxygen atoms in total. The summed E-state index contributed by atoms with van der Waals surface area (Å²) >= 11 is 0. The highest BCUT2D eigenvalue weighted by Crippen LogP contribution is 2.34. The number of piperidine rings is 1. The average Bonchev–Trinajstić information content (AvgIpc) is 2.82. The zero-order chi connectivity index (χ0) is 13.5. The van der Waals surface area contributed by atoms with Crippen LogP contribution in [-0.4, -0.2) is 36.1 Å². The Morgan fingerprint density at radius 1 is 1.25 bits per heavy atom. The van der Waals surface area contributed by atoms with Gasteiger partial charge < -0.3 is 14.8 Å². The van der Waals surface area contributed by atoms with Crippen molar-refractivity contribution in [2.45, 2.75) is 31.8 Å². The van der Waals surface area contributed by atoms with Crippen LogP contribution >= 0.6 is 0 Å². The van der Waals surface area contributed by atoms with E-state index in [4.69, 9.17) is 0 Å². The van der Waals surface area contributed by atoms with Gasteiger partial charge in [-0.15, -0.1) is 0 Å². The number of rotatable bonds is 1. The molecule has 0 radical (unpaired) electrons. The van der Waals surface area contributed by atoms with Gasteiger partial charge in [0.25, 0.3) is 0 Å². The second-order valence-electron chi connectivity index (χ2n) is 6.30. The zero-order valence-corrected chi connectivity index (χ0v) is 12.2. The molecule has 20 heavy (non-hydrogen) atoms. The summed E-state index contributed by atoms with van der Waals surface area (Å²) in [6.45, 7) is 4.58. The molecule has 3 heteroatoms. The highest BCUT2D eigenvalue weighted by Gasteiger charge is 2.26. The molecule has 2 aliphatic rings. The standard InChI is InChI=1S/C17H23N3/c1-19-10-4-5-13(12-19)20-16-7-3-2-6-14(16)15-8-9-18-11-17(15)20/h2-3,6-7,13,18H,4-5,8-12H2,1H3. The largest absolute Gasteiger partial charge is 0.339 e.